The van der Waals surface area contributed by atoms with Crippen molar-refractivity contribution in [2.24, 2.45) is 5.10 Å². The third-order valence-electron chi connectivity index (χ3n) is 6.61. The Balaban J connectivity index is 1.43. The van der Waals surface area contributed by atoms with Gasteiger partial charge in [0.15, 0.2) is 5.76 Å². The molecule has 2 aromatic heterocycles. The van der Waals surface area contributed by atoms with Crippen molar-refractivity contribution < 1.29 is 23.2 Å². The minimum atomic E-state index is -0.670. The van der Waals surface area contributed by atoms with E-state index in [0.717, 1.165) is 4.68 Å². The topological polar surface area (TPSA) is 122 Å². The Bertz CT molecular complexity index is 2120. The van der Waals surface area contributed by atoms with E-state index < -0.39 is 22.0 Å². The average Bonchev–Trinajstić information content (AvgIpc) is 3.45. The van der Waals surface area contributed by atoms with Crippen molar-refractivity contribution >= 4 is 45.4 Å². The lowest BCUT2D eigenvalue weighted by Crippen LogP contribution is -2.20. The third kappa shape index (κ3) is 5.29. The van der Waals surface area contributed by atoms with Gasteiger partial charge in [0.2, 0.25) is 11.6 Å². The van der Waals surface area contributed by atoms with Gasteiger partial charge in [0.25, 0.3) is 5.56 Å². The van der Waals surface area contributed by atoms with Gasteiger partial charge in [-0.2, -0.15) is 9.78 Å². The van der Waals surface area contributed by atoms with Crippen LogP contribution in [0.25, 0.3) is 33.5 Å². The monoisotopic (exact) mass is 598 g/mol. The fourth-order valence-electron chi connectivity index (χ4n) is 4.55. The number of fused-ring (bicyclic) bond motifs is 2. The van der Waals surface area contributed by atoms with Crippen molar-refractivity contribution in [1.82, 2.24) is 9.66 Å². The van der Waals surface area contributed by atoms with E-state index in [9.17, 15) is 19.3 Å². The summed E-state index contributed by atoms with van der Waals surface area (Å²) in [6.45, 7) is -0.273. The summed E-state index contributed by atoms with van der Waals surface area (Å²) in [4.78, 5) is 29.5. The summed E-state index contributed by atoms with van der Waals surface area (Å²) in [5.74, 6) is 0.181. The number of halogens is 2. The average molecular weight is 599 g/mol. The van der Waals surface area contributed by atoms with Crippen LogP contribution in [-0.2, 0) is 6.61 Å². The molecule has 10 nitrogen and oxygen atoms in total. The van der Waals surface area contributed by atoms with Gasteiger partial charge in [0.1, 0.15) is 23.8 Å². The Labute approximate surface area is 247 Å². The molecule has 43 heavy (non-hydrogen) atoms. The molecule has 4 aromatic carbocycles. The summed E-state index contributed by atoms with van der Waals surface area (Å²) in [5, 5.41) is 17.1. The molecule has 0 aliphatic heterocycles. The summed E-state index contributed by atoms with van der Waals surface area (Å²) in [6.07, 6.45) is 1.24. The number of hydrogen-bond acceptors (Lipinski definition) is 8. The Morgan fingerprint density at radius 1 is 1.07 bits per heavy atom. The predicted molar refractivity (Wildman–Crippen MR) is 160 cm³/mol. The van der Waals surface area contributed by atoms with Crippen molar-refractivity contribution in [2.45, 2.75) is 6.61 Å². The van der Waals surface area contributed by atoms with Crippen LogP contribution in [0.5, 0.6) is 11.5 Å². The summed E-state index contributed by atoms with van der Waals surface area (Å²) in [5.41, 5.74) is 0.398. The summed E-state index contributed by atoms with van der Waals surface area (Å²) >= 11 is 6.38. The second-order valence-electron chi connectivity index (χ2n) is 9.28. The molecule has 214 valence electrons. The SMILES string of the molecule is COc1cccc2oc(-c3nc4ccccc4c(=O)n3N=Cc3cc(Cl)c(OCc4ccccc4F)c([N+](=O)[O-])c3)cc12. The lowest BCUT2D eigenvalue weighted by atomic mass is 10.2. The van der Waals surface area contributed by atoms with Gasteiger partial charge in [-0.05, 0) is 42.5 Å². The van der Waals surface area contributed by atoms with E-state index in [0.29, 0.717) is 27.6 Å². The molecule has 0 radical (unpaired) electrons. The van der Waals surface area contributed by atoms with Crippen LogP contribution in [0.3, 0.4) is 0 Å². The molecule has 2 heterocycles. The molecular formula is C31H20ClFN4O6. The van der Waals surface area contributed by atoms with Gasteiger partial charge in [-0.1, -0.05) is 48.0 Å². The molecule has 0 N–H and O–H groups in total. The second kappa shape index (κ2) is 11.4. The lowest BCUT2D eigenvalue weighted by Gasteiger charge is -2.10. The number of aromatic nitrogens is 2. The Morgan fingerprint density at radius 2 is 1.86 bits per heavy atom. The van der Waals surface area contributed by atoms with E-state index in [1.165, 1.54) is 43.7 Å². The minimum Gasteiger partial charge on any atom is -0.496 e. The highest BCUT2D eigenvalue weighted by molar-refractivity contribution is 6.32. The standard InChI is InChI=1S/C31H20ClFN4O6/c1-41-26-11-6-12-27-21(26)15-28(43-27)30-35-24-10-5-3-8-20(24)31(38)36(30)34-16-18-13-22(32)29(25(14-18)37(39)40)42-17-19-7-2-4-9-23(19)33/h2-16H,17H2,1H3. The van der Waals surface area contributed by atoms with Gasteiger partial charge in [0.05, 0.1) is 39.6 Å². The fraction of sp³-hybridized carbons (Fsp3) is 0.0645. The van der Waals surface area contributed by atoms with Crippen molar-refractivity contribution in [2.75, 3.05) is 7.11 Å². The molecular weight excluding hydrogens is 579 g/mol. The van der Waals surface area contributed by atoms with Gasteiger partial charge in [-0.15, -0.1) is 0 Å². The Morgan fingerprint density at radius 3 is 2.65 bits per heavy atom. The van der Waals surface area contributed by atoms with Crippen molar-refractivity contribution in [3.8, 4) is 23.1 Å². The first-order valence-corrected chi connectivity index (χ1v) is 13.2. The maximum atomic E-state index is 14.1. The highest BCUT2D eigenvalue weighted by atomic mass is 35.5. The molecule has 0 aliphatic rings. The van der Waals surface area contributed by atoms with Gasteiger partial charge in [0, 0.05) is 17.2 Å². The van der Waals surface area contributed by atoms with E-state index >= 15 is 0 Å². The van der Waals surface area contributed by atoms with Gasteiger partial charge in [-0.25, -0.2) is 9.37 Å². The number of furan rings is 1. The molecule has 0 saturated heterocycles. The van der Waals surface area contributed by atoms with Crippen molar-refractivity contribution in [1.29, 1.82) is 0 Å². The van der Waals surface area contributed by atoms with Crippen LogP contribution in [0, 0.1) is 15.9 Å². The Kier molecular flexibility index (Phi) is 7.31. The molecule has 6 aromatic rings. The number of ether oxygens (including phenoxy) is 2. The molecule has 6 rings (SSSR count). The molecule has 0 aliphatic carbocycles. The first kappa shape index (κ1) is 27.6. The smallest absolute Gasteiger partial charge is 0.313 e. The van der Waals surface area contributed by atoms with Crippen LogP contribution in [0.4, 0.5) is 10.1 Å². The van der Waals surface area contributed by atoms with E-state index in [2.05, 4.69) is 10.1 Å². The number of nitro groups is 1. The zero-order valence-corrected chi connectivity index (χ0v) is 23.1. The van der Waals surface area contributed by atoms with Crippen LogP contribution in [0.15, 0.2) is 99.2 Å². The Hall–Kier alpha value is -5.55. The number of para-hydroxylation sites is 1. The molecule has 12 heteroatoms. The molecule has 0 spiro atoms. The third-order valence-corrected chi connectivity index (χ3v) is 6.89. The first-order chi connectivity index (χ1) is 20.8. The second-order valence-corrected chi connectivity index (χ2v) is 9.69. The van der Waals surface area contributed by atoms with E-state index in [1.54, 1.807) is 54.6 Å². The highest BCUT2D eigenvalue weighted by Gasteiger charge is 2.22. The van der Waals surface area contributed by atoms with Crippen molar-refractivity contribution in [3.63, 3.8) is 0 Å². The zero-order chi connectivity index (χ0) is 30.1. The first-order valence-electron chi connectivity index (χ1n) is 12.8. The number of nitrogens with zero attached hydrogens (tertiary/aromatic N) is 4. The van der Waals surface area contributed by atoms with Crippen LogP contribution in [0.2, 0.25) is 5.02 Å². The number of methoxy groups -OCH3 is 1. The van der Waals surface area contributed by atoms with E-state index in [-0.39, 0.29) is 40.1 Å². The molecule has 0 bridgehead atoms. The molecule has 0 amide bonds. The summed E-state index contributed by atoms with van der Waals surface area (Å²) < 4.78 is 32.1. The zero-order valence-electron chi connectivity index (χ0n) is 22.4. The largest absolute Gasteiger partial charge is 0.496 e. The number of benzene rings is 4. The van der Waals surface area contributed by atoms with Gasteiger partial charge >= 0.3 is 5.69 Å². The van der Waals surface area contributed by atoms with Crippen LogP contribution < -0.4 is 15.0 Å². The molecule has 0 unspecified atom stereocenters. The van der Waals surface area contributed by atoms with Crippen molar-refractivity contribution in [3.05, 3.63) is 127 Å². The quantitative estimate of drug-likeness (QED) is 0.105. The number of hydrogen-bond donors (Lipinski definition) is 0. The van der Waals surface area contributed by atoms with Crippen LogP contribution >= 0.6 is 11.6 Å². The summed E-state index contributed by atoms with van der Waals surface area (Å²) in [6, 6.07) is 22.3. The lowest BCUT2D eigenvalue weighted by molar-refractivity contribution is -0.385. The van der Waals surface area contributed by atoms with Crippen LogP contribution in [-0.4, -0.2) is 27.9 Å². The summed E-state index contributed by atoms with van der Waals surface area (Å²) in [7, 11) is 1.54. The van der Waals surface area contributed by atoms with Gasteiger partial charge in [-0.3, -0.25) is 14.9 Å². The maximum absolute atomic E-state index is 14.1. The minimum absolute atomic E-state index is 0.0967. The van der Waals surface area contributed by atoms with E-state index in [4.69, 9.17) is 25.5 Å². The fourth-order valence-corrected chi connectivity index (χ4v) is 4.83. The molecule has 0 saturated carbocycles. The highest BCUT2D eigenvalue weighted by Crippen LogP contribution is 2.37. The predicted octanol–water partition coefficient (Wildman–Crippen LogP) is 6.98. The maximum Gasteiger partial charge on any atom is 0.313 e. The molecule has 0 atom stereocenters. The number of rotatable bonds is 8. The van der Waals surface area contributed by atoms with Crippen LogP contribution in [0.1, 0.15) is 11.1 Å². The van der Waals surface area contributed by atoms with E-state index in [1.807, 2.05) is 0 Å². The number of nitro benzene ring substituents is 1. The normalized spacial score (nSPS) is 11.4. The molecule has 0 fully saturated rings. The van der Waals surface area contributed by atoms with Gasteiger partial charge < -0.3 is 13.9 Å².